The van der Waals surface area contributed by atoms with Crippen LogP contribution in [0.2, 0.25) is 0 Å². The molecule has 188 valence electrons. The maximum Gasteiger partial charge on any atom is 0.243 e. The van der Waals surface area contributed by atoms with Crippen LogP contribution in [0, 0.1) is 0 Å². The molecule has 1 N–H and O–H groups in total. The Morgan fingerprint density at radius 2 is 1.40 bits per heavy atom. The maximum absolute atomic E-state index is 12.9. The molecule has 8 nitrogen and oxygen atoms in total. The number of sulfonamides is 1. The van der Waals surface area contributed by atoms with Crippen molar-refractivity contribution in [3.05, 3.63) is 54.1 Å². The van der Waals surface area contributed by atoms with Crippen molar-refractivity contribution in [3.63, 3.8) is 0 Å². The minimum Gasteiger partial charge on any atom is -0.372 e. The summed E-state index contributed by atoms with van der Waals surface area (Å²) in [6, 6.07) is 14.0. The Hall–Kier alpha value is -2.75. The number of benzene rings is 2. The van der Waals surface area contributed by atoms with Crippen LogP contribution in [0.1, 0.15) is 43.0 Å². The van der Waals surface area contributed by atoms with E-state index in [1.54, 1.807) is 0 Å². The molecule has 9 heteroatoms. The topological polar surface area (TPSA) is 90.0 Å². The Bertz CT molecular complexity index is 1120. The van der Waals surface area contributed by atoms with Crippen molar-refractivity contribution in [1.82, 2.24) is 9.21 Å². The van der Waals surface area contributed by atoms with Crippen LogP contribution < -0.4 is 10.2 Å². The molecule has 2 aromatic rings. The summed E-state index contributed by atoms with van der Waals surface area (Å²) >= 11 is 0. The molecule has 1 amide bonds. The molecule has 2 fully saturated rings. The van der Waals surface area contributed by atoms with E-state index in [2.05, 4.69) is 22.3 Å². The number of carbonyl (C=O) groups excluding carboxylic acids is 2. The summed E-state index contributed by atoms with van der Waals surface area (Å²) in [7, 11) is -3.63. The third-order valence-electron chi connectivity index (χ3n) is 6.72. The van der Waals surface area contributed by atoms with Gasteiger partial charge in [0, 0.05) is 56.2 Å². The van der Waals surface area contributed by atoms with E-state index in [1.807, 2.05) is 17.0 Å². The predicted molar refractivity (Wildman–Crippen MR) is 137 cm³/mol. The normalized spacial score (nSPS) is 18.1. The number of anilines is 2. The molecule has 0 radical (unpaired) electrons. The number of ketones is 1. The van der Waals surface area contributed by atoms with Crippen LogP contribution in [0.3, 0.4) is 0 Å². The molecule has 0 aliphatic carbocycles. The summed E-state index contributed by atoms with van der Waals surface area (Å²) in [6.07, 6.45) is 5.02. The second kappa shape index (κ2) is 11.3. The van der Waals surface area contributed by atoms with E-state index >= 15 is 0 Å². The minimum absolute atomic E-state index is 0.103. The number of nitrogens with zero attached hydrogens (tertiary/aromatic N) is 3. The van der Waals surface area contributed by atoms with E-state index in [0.29, 0.717) is 31.7 Å². The lowest BCUT2D eigenvalue weighted by molar-refractivity contribution is -0.117. The first-order valence-electron chi connectivity index (χ1n) is 12.3. The van der Waals surface area contributed by atoms with Crippen LogP contribution in [0.4, 0.5) is 11.4 Å². The summed E-state index contributed by atoms with van der Waals surface area (Å²) in [6.45, 7) is 5.41. The van der Waals surface area contributed by atoms with Gasteiger partial charge in [0.25, 0.3) is 0 Å². The Kier molecular flexibility index (Phi) is 8.20. The molecule has 2 saturated heterocycles. The van der Waals surface area contributed by atoms with Crippen LogP contribution in [-0.4, -0.2) is 75.1 Å². The average molecular weight is 499 g/mol. The number of amides is 1. The van der Waals surface area contributed by atoms with Gasteiger partial charge in [0.15, 0.2) is 5.78 Å². The zero-order valence-corrected chi connectivity index (χ0v) is 21.1. The summed E-state index contributed by atoms with van der Waals surface area (Å²) in [5, 5.41) is 2.95. The van der Waals surface area contributed by atoms with Crippen LogP contribution in [0.25, 0.3) is 0 Å². The van der Waals surface area contributed by atoms with Crippen molar-refractivity contribution in [2.75, 3.05) is 56.0 Å². The summed E-state index contributed by atoms with van der Waals surface area (Å²) in [5.74, 6) is -0.210. The first kappa shape index (κ1) is 25.3. The first-order valence-corrected chi connectivity index (χ1v) is 13.8. The standard InChI is InChI=1S/C26H34N4O4S/c1-21(31)22-6-12-25(13-7-22)35(33,34)30-18-16-28(17-19-30)20-26(32)27-23-8-10-24(11-9-23)29-14-4-2-3-5-15-29/h6-13H,2-5,14-20H2,1H3,(H,27,32). The van der Waals surface area contributed by atoms with Crippen molar-refractivity contribution >= 4 is 33.1 Å². The van der Waals surface area contributed by atoms with Gasteiger partial charge in [-0.3, -0.25) is 14.5 Å². The van der Waals surface area contributed by atoms with Gasteiger partial charge < -0.3 is 10.2 Å². The lowest BCUT2D eigenvalue weighted by atomic mass is 10.2. The molecule has 0 unspecified atom stereocenters. The third kappa shape index (κ3) is 6.48. The SMILES string of the molecule is CC(=O)c1ccc(S(=O)(=O)N2CCN(CC(=O)Nc3ccc(N4CCCCCC4)cc3)CC2)cc1. The fraction of sp³-hybridized carbons (Fsp3) is 0.462. The highest BCUT2D eigenvalue weighted by Gasteiger charge is 2.29. The molecule has 4 rings (SSSR count). The number of hydrogen-bond donors (Lipinski definition) is 1. The van der Waals surface area contributed by atoms with Gasteiger partial charge in [-0.1, -0.05) is 25.0 Å². The van der Waals surface area contributed by atoms with Crippen molar-refractivity contribution in [3.8, 4) is 0 Å². The number of rotatable bonds is 7. The molecule has 0 spiro atoms. The van der Waals surface area contributed by atoms with Crippen molar-refractivity contribution in [1.29, 1.82) is 0 Å². The van der Waals surface area contributed by atoms with Crippen molar-refractivity contribution in [2.45, 2.75) is 37.5 Å². The second-order valence-electron chi connectivity index (χ2n) is 9.26. The first-order chi connectivity index (χ1) is 16.8. The molecule has 2 heterocycles. The number of piperazine rings is 1. The highest BCUT2D eigenvalue weighted by Crippen LogP contribution is 2.22. The molecular weight excluding hydrogens is 464 g/mol. The fourth-order valence-electron chi connectivity index (χ4n) is 4.63. The smallest absolute Gasteiger partial charge is 0.243 e. The van der Waals surface area contributed by atoms with Crippen LogP contribution >= 0.6 is 0 Å². The van der Waals surface area contributed by atoms with Gasteiger partial charge >= 0.3 is 0 Å². The Morgan fingerprint density at radius 3 is 1.97 bits per heavy atom. The van der Waals surface area contributed by atoms with Crippen molar-refractivity contribution < 1.29 is 18.0 Å². The number of hydrogen-bond acceptors (Lipinski definition) is 6. The highest BCUT2D eigenvalue weighted by molar-refractivity contribution is 7.89. The lowest BCUT2D eigenvalue weighted by Gasteiger charge is -2.33. The maximum atomic E-state index is 12.9. The monoisotopic (exact) mass is 498 g/mol. The molecule has 0 aromatic heterocycles. The summed E-state index contributed by atoms with van der Waals surface area (Å²) in [4.78, 5) is 28.6. The molecular formula is C26H34N4O4S. The van der Waals surface area contributed by atoms with Gasteiger partial charge in [0.05, 0.1) is 11.4 Å². The zero-order valence-electron chi connectivity index (χ0n) is 20.3. The Balaban J connectivity index is 1.26. The van der Waals surface area contributed by atoms with Crippen LogP contribution in [0.15, 0.2) is 53.4 Å². The minimum atomic E-state index is -3.63. The van der Waals surface area contributed by atoms with E-state index in [1.165, 1.54) is 66.9 Å². The van der Waals surface area contributed by atoms with Crippen molar-refractivity contribution in [2.24, 2.45) is 0 Å². The Labute approximate surface area is 207 Å². The molecule has 2 aliphatic rings. The summed E-state index contributed by atoms with van der Waals surface area (Å²) in [5.41, 5.74) is 2.44. The number of Topliss-reactive ketones (excluding diaryl/α,β-unsaturated/α-hetero) is 1. The van der Waals surface area contributed by atoms with Gasteiger partial charge in [0.1, 0.15) is 0 Å². The van der Waals surface area contributed by atoms with Gasteiger partial charge in [-0.25, -0.2) is 8.42 Å². The zero-order chi connectivity index (χ0) is 24.8. The number of nitrogens with one attached hydrogen (secondary N) is 1. The van der Waals surface area contributed by atoms with E-state index in [4.69, 9.17) is 0 Å². The van der Waals surface area contributed by atoms with E-state index < -0.39 is 10.0 Å². The quantitative estimate of drug-likeness (QED) is 0.590. The van der Waals surface area contributed by atoms with Crippen LogP contribution in [-0.2, 0) is 14.8 Å². The van der Waals surface area contributed by atoms with Gasteiger partial charge in [0.2, 0.25) is 15.9 Å². The van der Waals surface area contributed by atoms with Gasteiger partial charge in [-0.05, 0) is 56.2 Å². The predicted octanol–water partition coefficient (Wildman–Crippen LogP) is 3.21. The van der Waals surface area contributed by atoms with E-state index in [-0.39, 0.29) is 23.1 Å². The van der Waals surface area contributed by atoms with Crippen LogP contribution in [0.5, 0.6) is 0 Å². The van der Waals surface area contributed by atoms with Gasteiger partial charge in [-0.2, -0.15) is 4.31 Å². The Morgan fingerprint density at radius 1 is 0.800 bits per heavy atom. The number of carbonyl (C=O) groups is 2. The average Bonchev–Trinajstić information content (AvgIpc) is 3.14. The third-order valence-corrected chi connectivity index (χ3v) is 8.63. The molecule has 2 aliphatic heterocycles. The molecule has 2 aromatic carbocycles. The largest absolute Gasteiger partial charge is 0.372 e. The highest BCUT2D eigenvalue weighted by atomic mass is 32.2. The lowest BCUT2D eigenvalue weighted by Crippen LogP contribution is -2.50. The van der Waals surface area contributed by atoms with E-state index in [9.17, 15) is 18.0 Å². The van der Waals surface area contributed by atoms with Gasteiger partial charge in [-0.15, -0.1) is 0 Å². The molecule has 0 saturated carbocycles. The molecule has 0 atom stereocenters. The van der Waals surface area contributed by atoms with E-state index in [0.717, 1.165) is 18.8 Å². The fourth-order valence-corrected chi connectivity index (χ4v) is 6.05. The molecule has 0 bridgehead atoms. The summed E-state index contributed by atoms with van der Waals surface area (Å²) < 4.78 is 27.3. The molecule has 35 heavy (non-hydrogen) atoms. The second-order valence-corrected chi connectivity index (χ2v) is 11.2.